The van der Waals surface area contributed by atoms with Crippen LogP contribution in [0.25, 0.3) is 0 Å². The van der Waals surface area contributed by atoms with Gasteiger partial charge in [0, 0.05) is 31.8 Å². The average Bonchev–Trinajstić information content (AvgIpc) is 2.89. The summed E-state index contributed by atoms with van der Waals surface area (Å²) in [5.41, 5.74) is 0.681. The lowest BCUT2D eigenvalue weighted by atomic mass is 10.1. The van der Waals surface area contributed by atoms with Gasteiger partial charge in [-0.25, -0.2) is 0 Å². The van der Waals surface area contributed by atoms with E-state index in [1.165, 1.54) is 13.1 Å². The first-order chi connectivity index (χ1) is 10.0. The molecular weight excluding hydrogens is 272 g/mol. The van der Waals surface area contributed by atoms with Crippen LogP contribution < -0.4 is 10.6 Å². The lowest BCUT2D eigenvalue weighted by Gasteiger charge is -2.13. The summed E-state index contributed by atoms with van der Waals surface area (Å²) >= 11 is 0. The number of likely N-dealkylation sites (tertiary alicyclic amines) is 1. The van der Waals surface area contributed by atoms with Crippen molar-refractivity contribution in [2.75, 3.05) is 39.0 Å². The van der Waals surface area contributed by atoms with Crippen molar-refractivity contribution in [3.05, 3.63) is 33.9 Å². The van der Waals surface area contributed by atoms with Gasteiger partial charge in [0.15, 0.2) is 0 Å². The standard InChI is InChI=1S/C14H20N4O3/c1-15-14(19)11-3-4-12(13(7-11)18(20)21)16-8-10-5-6-17(2)9-10/h3-4,7,10,16H,5-6,8-9H2,1-2H3,(H,15,19). The molecule has 0 aromatic heterocycles. The fourth-order valence-corrected chi connectivity index (χ4v) is 2.56. The Hall–Kier alpha value is -2.15. The summed E-state index contributed by atoms with van der Waals surface area (Å²) in [4.78, 5) is 24.5. The van der Waals surface area contributed by atoms with E-state index in [0.29, 0.717) is 18.2 Å². The van der Waals surface area contributed by atoms with Gasteiger partial charge in [-0.1, -0.05) is 0 Å². The van der Waals surface area contributed by atoms with Gasteiger partial charge in [0.1, 0.15) is 5.69 Å². The van der Waals surface area contributed by atoms with Gasteiger partial charge in [0.2, 0.25) is 0 Å². The third-order valence-corrected chi connectivity index (χ3v) is 3.75. The number of anilines is 1. The van der Waals surface area contributed by atoms with Gasteiger partial charge in [-0.2, -0.15) is 0 Å². The number of rotatable bonds is 5. The van der Waals surface area contributed by atoms with E-state index in [0.717, 1.165) is 19.5 Å². The van der Waals surface area contributed by atoms with E-state index in [9.17, 15) is 14.9 Å². The lowest BCUT2D eigenvalue weighted by molar-refractivity contribution is -0.384. The maximum Gasteiger partial charge on any atom is 0.293 e. The molecule has 1 atom stereocenters. The van der Waals surface area contributed by atoms with Gasteiger partial charge in [0.25, 0.3) is 11.6 Å². The highest BCUT2D eigenvalue weighted by atomic mass is 16.6. The van der Waals surface area contributed by atoms with E-state index in [1.807, 2.05) is 0 Å². The first-order valence-electron chi connectivity index (χ1n) is 6.94. The zero-order valence-electron chi connectivity index (χ0n) is 12.3. The summed E-state index contributed by atoms with van der Waals surface area (Å²) in [7, 11) is 3.57. The summed E-state index contributed by atoms with van der Waals surface area (Å²) in [6.45, 7) is 2.76. The summed E-state index contributed by atoms with van der Waals surface area (Å²) in [6.07, 6.45) is 1.09. The Bertz CT molecular complexity index is 547. The maximum atomic E-state index is 11.5. The van der Waals surface area contributed by atoms with E-state index in [-0.39, 0.29) is 17.2 Å². The number of amides is 1. The second-order valence-electron chi connectivity index (χ2n) is 5.37. The minimum atomic E-state index is -0.463. The number of nitrogens with one attached hydrogen (secondary N) is 2. The van der Waals surface area contributed by atoms with Crippen molar-refractivity contribution < 1.29 is 9.72 Å². The van der Waals surface area contributed by atoms with Crippen LogP contribution >= 0.6 is 0 Å². The lowest BCUT2D eigenvalue weighted by Crippen LogP contribution is -2.20. The van der Waals surface area contributed by atoms with Crippen LogP contribution in [0.15, 0.2) is 18.2 Å². The van der Waals surface area contributed by atoms with Gasteiger partial charge in [0.05, 0.1) is 4.92 Å². The molecule has 1 aromatic carbocycles. The average molecular weight is 292 g/mol. The van der Waals surface area contributed by atoms with Crippen molar-refractivity contribution in [2.45, 2.75) is 6.42 Å². The molecule has 1 fully saturated rings. The molecule has 0 saturated carbocycles. The predicted molar refractivity (Wildman–Crippen MR) is 80.6 cm³/mol. The fraction of sp³-hybridized carbons (Fsp3) is 0.500. The molecule has 21 heavy (non-hydrogen) atoms. The Morgan fingerprint density at radius 2 is 2.29 bits per heavy atom. The second kappa shape index (κ2) is 6.53. The Balaban J connectivity index is 2.11. The highest BCUT2D eigenvalue weighted by Crippen LogP contribution is 2.26. The van der Waals surface area contributed by atoms with Crippen LogP contribution in [-0.2, 0) is 0 Å². The molecule has 1 aromatic rings. The number of carbonyl (C=O) groups is 1. The molecule has 7 nitrogen and oxygen atoms in total. The summed E-state index contributed by atoms with van der Waals surface area (Å²) in [6, 6.07) is 4.50. The zero-order chi connectivity index (χ0) is 15.4. The van der Waals surface area contributed by atoms with E-state index >= 15 is 0 Å². The molecule has 114 valence electrons. The molecule has 1 heterocycles. The Kier molecular flexibility index (Phi) is 4.74. The minimum Gasteiger partial charge on any atom is -0.379 e. The number of hydrogen-bond donors (Lipinski definition) is 2. The van der Waals surface area contributed by atoms with Gasteiger partial charge >= 0.3 is 0 Å². The highest BCUT2D eigenvalue weighted by molar-refractivity contribution is 5.95. The van der Waals surface area contributed by atoms with Gasteiger partial charge in [-0.05, 0) is 38.1 Å². The van der Waals surface area contributed by atoms with E-state index in [1.54, 1.807) is 12.1 Å². The Labute approximate surface area is 123 Å². The third kappa shape index (κ3) is 3.69. The van der Waals surface area contributed by atoms with Crippen LogP contribution in [0.3, 0.4) is 0 Å². The van der Waals surface area contributed by atoms with Crippen LogP contribution in [0.2, 0.25) is 0 Å². The van der Waals surface area contributed by atoms with Crippen molar-refractivity contribution in [1.29, 1.82) is 0 Å². The van der Waals surface area contributed by atoms with Crippen molar-refractivity contribution in [3.63, 3.8) is 0 Å². The molecule has 7 heteroatoms. The maximum absolute atomic E-state index is 11.5. The molecule has 0 radical (unpaired) electrons. The SMILES string of the molecule is CNC(=O)c1ccc(NCC2CCN(C)C2)c([N+](=O)[O-])c1. The minimum absolute atomic E-state index is 0.0672. The number of benzene rings is 1. The quantitative estimate of drug-likeness (QED) is 0.631. The molecule has 0 spiro atoms. The van der Waals surface area contributed by atoms with Crippen LogP contribution in [0.5, 0.6) is 0 Å². The van der Waals surface area contributed by atoms with Gasteiger partial charge < -0.3 is 15.5 Å². The summed E-state index contributed by atoms with van der Waals surface area (Å²) < 4.78 is 0. The van der Waals surface area contributed by atoms with Crippen molar-refractivity contribution in [1.82, 2.24) is 10.2 Å². The van der Waals surface area contributed by atoms with Crippen LogP contribution in [-0.4, -0.2) is 49.5 Å². The molecule has 0 bridgehead atoms. The van der Waals surface area contributed by atoms with Crippen LogP contribution in [0.1, 0.15) is 16.8 Å². The van der Waals surface area contributed by atoms with E-state index in [4.69, 9.17) is 0 Å². The topological polar surface area (TPSA) is 87.5 Å². The number of nitro groups is 1. The van der Waals surface area contributed by atoms with Gasteiger partial charge in [-0.15, -0.1) is 0 Å². The molecule has 2 N–H and O–H groups in total. The first-order valence-corrected chi connectivity index (χ1v) is 6.94. The van der Waals surface area contributed by atoms with Crippen LogP contribution in [0.4, 0.5) is 11.4 Å². The normalized spacial score (nSPS) is 18.5. The zero-order valence-corrected chi connectivity index (χ0v) is 12.3. The second-order valence-corrected chi connectivity index (χ2v) is 5.37. The Morgan fingerprint density at radius 1 is 1.52 bits per heavy atom. The van der Waals surface area contributed by atoms with E-state index in [2.05, 4.69) is 22.6 Å². The number of hydrogen-bond acceptors (Lipinski definition) is 5. The van der Waals surface area contributed by atoms with Crippen LogP contribution in [0, 0.1) is 16.0 Å². The number of nitrogens with zero attached hydrogens (tertiary/aromatic N) is 2. The molecular formula is C14H20N4O3. The van der Waals surface area contributed by atoms with Gasteiger partial charge in [-0.3, -0.25) is 14.9 Å². The van der Waals surface area contributed by atoms with Crippen molar-refractivity contribution in [3.8, 4) is 0 Å². The molecule has 1 aliphatic heterocycles. The third-order valence-electron chi connectivity index (χ3n) is 3.75. The largest absolute Gasteiger partial charge is 0.379 e. The molecule has 1 aliphatic rings. The number of nitro benzene ring substituents is 1. The van der Waals surface area contributed by atoms with Crippen molar-refractivity contribution in [2.24, 2.45) is 5.92 Å². The number of carbonyl (C=O) groups excluding carboxylic acids is 1. The molecule has 0 aliphatic carbocycles. The highest BCUT2D eigenvalue weighted by Gasteiger charge is 2.21. The monoisotopic (exact) mass is 292 g/mol. The first kappa shape index (κ1) is 15.2. The Morgan fingerprint density at radius 3 is 2.86 bits per heavy atom. The molecule has 1 saturated heterocycles. The molecule has 1 unspecified atom stereocenters. The smallest absolute Gasteiger partial charge is 0.293 e. The van der Waals surface area contributed by atoms with E-state index < -0.39 is 4.92 Å². The van der Waals surface area contributed by atoms with Crippen molar-refractivity contribution >= 4 is 17.3 Å². The summed E-state index contributed by atoms with van der Waals surface area (Å²) in [5.74, 6) is 0.162. The predicted octanol–water partition coefficient (Wildman–Crippen LogP) is 1.32. The summed E-state index contributed by atoms with van der Waals surface area (Å²) in [5, 5.41) is 16.8. The molecule has 2 rings (SSSR count). The molecule has 1 amide bonds. The fourth-order valence-electron chi connectivity index (χ4n) is 2.56.